The summed E-state index contributed by atoms with van der Waals surface area (Å²) in [4.78, 5) is 38.0. The zero-order valence-corrected chi connectivity index (χ0v) is 17.7. The van der Waals surface area contributed by atoms with Crippen LogP contribution < -0.4 is 10.6 Å². The fourth-order valence-corrected chi connectivity index (χ4v) is 3.39. The van der Waals surface area contributed by atoms with Crippen molar-refractivity contribution >= 4 is 17.6 Å². The van der Waals surface area contributed by atoms with Crippen molar-refractivity contribution in [2.75, 3.05) is 6.61 Å². The average Bonchev–Trinajstić information content (AvgIpc) is 3.32. The van der Waals surface area contributed by atoms with Crippen LogP contribution in [-0.4, -0.2) is 51.7 Å². The lowest BCUT2D eigenvalue weighted by molar-refractivity contribution is -0.130. The predicted octanol–water partition coefficient (Wildman–Crippen LogP) is 1.88. The minimum atomic E-state index is -1.09. The van der Waals surface area contributed by atoms with Gasteiger partial charge in [0.05, 0.1) is 11.8 Å². The fourth-order valence-electron chi connectivity index (χ4n) is 3.39. The van der Waals surface area contributed by atoms with Crippen LogP contribution in [0.15, 0.2) is 42.7 Å². The van der Waals surface area contributed by atoms with E-state index in [1.807, 2.05) is 26.1 Å². The Hall–Kier alpha value is -3.00. The molecule has 1 fully saturated rings. The summed E-state index contributed by atoms with van der Waals surface area (Å²) < 4.78 is 7.07. The molecule has 30 heavy (non-hydrogen) atoms. The summed E-state index contributed by atoms with van der Waals surface area (Å²) in [6.07, 6.45) is 3.51. The Labute approximate surface area is 176 Å². The van der Waals surface area contributed by atoms with Crippen LogP contribution in [0.4, 0.5) is 0 Å². The molecule has 8 nitrogen and oxygen atoms in total. The Bertz CT molecular complexity index is 908. The third-order valence-corrected chi connectivity index (χ3v) is 5.47. The van der Waals surface area contributed by atoms with Gasteiger partial charge in [-0.1, -0.05) is 13.8 Å². The number of amides is 2. The van der Waals surface area contributed by atoms with Crippen LogP contribution in [0.1, 0.15) is 44.5 Å². The lowest BCUT2D eigenvalue weighted by atomic mass is 9.92. The molecular weight excluding hydrogens is 384 g/mol. The number of nitrogens with one attached hydrogen (secondary N) is 2. The summed E-state index contributed by atoms with van der Waals surface area (Å²) in [5.41, 5.74) is 0.171. The van der Waals surface area contributed by atoms with E-state index in [4.69, 9.17) is 4.74 Å². The highest BCUT2D eigenvalue weighted by Crippen LogP contribution is 2.22. The van der Waals surface area contributed by atoms with E-state index in [-0.39, 0.29) is 24.2 Å². The molecule has 1 saturated heterocycles. The van der Waals surface area contributed by atoms with Crippen molar-refractivity contribution in [1.82, 2.24) is 20.4 Å². The van der Waals surface area contributed by atoms with Crippen molar-refractivity contribution in [3.05, 3.63) is 48.3 Å². The van der Waals surface area contributed by atoms with E-state index >= 15 is 0 Å². The number of ketones is 1. The van der Waals surface area contributed by atoms with Gasteiger partial charge >= 0.3 is 0 Å². The van der Waals surface area contributed by atoms with Crippen LogP contribution in [0.2, 0.25) is 0 Å². The normalized spacial score (nSPS) is 22.2. The predicted molar refractivity (Wildman–Crippen MR) is 111 cm³/mol. The number of hydrogen-bond acceptors (Lipinski definition) is 5. The van der Waals surface area contributed by atoms with Crippen LogP contribution in [0.25, 0.3) is 5.69 Å². The zero-order valence-electron chi connectivity index (χ0n) is 17.7. The summed E-state index contributed by atoms with van der Waals surface area (Å²) in [6.45, 7) is 7.33. The molecule has 0 aliphatic carbocycles. The van der Waals surface area contributed by atoms with Gasteiger partial charge in [-0.3, -0.25) is 14.4 Å². The van der Waals surface area contributed by atoms with E-state index in [0.717, 1.165) is 5.69 Å². The molecule has 0 spiro atoms. The Balaban J connectivity index is 1.71. The Morgan fingerprint density at radius 3 is 2.53 bits per heavy atom. The summed E-state index contributed by atoms with van der Waals surface area (Å²) in [7, 11) is 0. The van der Waals surface area contributed by atoms with E-state index in [0.29, 0.717) is 12.0 Å². The van der Waals surface area contributed by atoms with Crippen LogP contribution in [0, 0.1) is 5.92 Å². The highest BCUT2D eigenvalue weighted by atomic mass is 16.5. The molecule has 3 unspecified atom stereocenters. The molecule has 2 aromatic rings. The molecule has 1 aromatic carbocycles. The summed E-state index contributed by atoms with van der Waals surface area (Å²) in [5, 5.41) is 9.78. The van der Waals surface area contributed by atoms with Crippen molar-refractivity contribution in [2.24, 2.45) is 5.92 Å². The number of ether oxygens (including phenoxy) is 1. The molecule has 1 aliphatic rings. The quantitative estimate of drug-likeness (QED) is 0.723. The number of nitrogens with zero attached hydrogens (tertiary/aromatic N) is 2. The topological polar surface area (TPSA) is 102 Å². The molecule has 1 aromatic heterocycles. The highest BCUT2D eigenvalue weighted by molar-refractivity contribution is 6.00. The minimum absolute atomic E-state index is 0.0260. The molecule has 160 valence electrons. The van der Waals surface area contributed by atoms with Gasteiger partial charge in [0.2, 0.25) is 5.91 Å². The maximum Gasteiger partial charge on any atom is 0.251 e. The molecular formula is C22H28N4O4. The second-order valence-corrected chi connectivity index (χ2v) is 8.22. The van der Waals surface area contributed by atoms with E-state index in [1.165, 1.54) is 0 Å². The number of aromatic nitrogens is 2. The van der Waals surface area contributed by atoms with Crippen molar-refractivity contribution in [2.45, 2.75) is 51.8 Å². The second-order valence-electron chi connectivity index (χ2n) is 8.22. The molecule has 2 amide bonds. The average molecular weight is 412 g/mol. The molecule has 0 radical (unpaired) electrons. The summed E-state index contributed by atoms with van der Waals surface area (Å²) in [6, 6.07) is 8.01. The van der Waals surface area contributed by atoms with Gasteiger partial charge in [-0.15, -0.1) is 0 Å². The SMILES string of the molecule is CC(C)CC(NC(=O)c1ccc(-n2cccn2)cc1)C(=O)NC1(C)C(=O)COC1C. The van der Waals surface area contributed by atoms with Gasteiger partial charge in [0, 0.05) is 18.0 Å². The first kappa shape index (κ1) is 21.7. The number of carbonyl (C=O) groups is 3. The largest absolute Gasteiger partial charge is 0.368 e. The lowest BCUT2D eigenvalue weighted by Crippen LogP contribution is -2.60. The number of carbonyl (C=O) groups excluding carboxylic acids is 3. The molecule has 0 bridgehead atoms. The van der Waals surface area contributed by atoms with Gasteiger partial charge in [0.15, 0.2) is 5.78 Å². The van der Waals surface area contributed by atoms with Crippen molar-refractivity contribution in [3.63, 3.8) is 0 Å². The molecule has 1 aliphatic heterocycles. The number of Topliss-reactive ketones (excluding diaryl/α,β-unsaturated/α-hetero) is 1. The molecule has 2 heterocycles. The first-order valence-corrected chi connectivity index (χ1v) is 10.1. The Morgan fingerprint density at radius 2 is 2.00 bits per heavy atom. The van der Waals surface area contributed by atoms with Crippen molar-refractivity contribution in [1.29, 1.82) is 0 Å². The first-order valence-electron chi connectivity index (χ1n) is 10.1. The smallest absolute Gasteiger partial charge is 0.251 e. The second kappa shape index (κ2) is 8.79. The van der Waals surface area contributed by atoms with Gasteiger partial charge in [-0.05, 0) is 56.5 Å². The van der Waals surface area contributed by atoms with E-state index in [1.54, 1.807) is 49.0 Å². The first-order chi connectivity index (χ1) is 14.2. The maximum absolute atomic E-state index is 13.0. The van der Waals surface area contributed by atoms with Crippen molar-refractivity contribution < 1.29 is 19.1 Å². The fraction of sp³-hybridized carbons (Fsp3) is 0.455. The lowest BCUT2D eigenvalue weighted by Gasteiger charge is -2.30. The van der Waals surface area contributed by atoms with Gasteiger partial charge < -0.3 is 15.4 Å². The van der Waals surface area contributed by atoms with Gasteiger partial charge in [0.1, 0.15) is 18.2 Å². The number of benzene rings is 1. The van der Waals surface area contributed by atoms with E-state index < -0.39 is 23.6 Å². The van der Waals surface area contributed by atoms with Crippen LogP contribution in [0.3, 0.4) is 0 Å². The summed E-state index contributed by atoms with van der Waals surface area (Å²) in [5.74, 6) is -0.746. The third-order valence-electron chi connectivity index (χ3n) is 5.47. The van der Waals surface area contributed by atoms with Crippen molar-refractivity contribution in [3.8, 4) is 5.69 Å². The monoisotopic (exact) mass is 412 g/mol. The number of hydrogen-bond donors (Lipinski definition) is 2. The van der Waals surface area contributed by atoms with Crippen LogP contribution in [0.5, 0.6) is 0 Å². The molecule has 2 N–H and O–H groups in total. The summed E-state index contributed by atoms with van der Waals surface area (Å²) >= 11 is 0. The number of rotatable bonds is 7. The molecule has 3 atom stereocenters. The molecule has 0 saturated carbocycles. The third kappa shape index (κ3) is 4.59. The van der Waals surface area contributed by atoms with Crippen LogP contribution >= 0.6 is 0 Å². The van der Waals surface area contributed by atoms with Gasteiger partial charge in [0.25, 0.3) is 5.91 Å². The Kier molecular flexibility index (Phi) is 6.36. The van der Waals surface area contributed by atoms with Gasteiger partial charge in [-0.25, -0.2) is 4.68 Å². The highest BCUT2D eigenvalue weighted by Gasteiger charge is 2.47. The van der Waals surface area contributed by atoms with E-state index in [9.17, 15) is 14.4 Å². The molecule has 3 rings (SSSR count). The zero-order chi connectivity index (χ0) is 21.9. The van der Waals surface area contributed by atoms with E-state index in [2.05, 4.69) is 15.7 Å². The van der Waals surface area contributed by atoms with Crippen LogP contribution in [-0.2, 0) is 14.3 Å². The Morgan fingerprint density at radius 1 is 1.30 bits per heavy atom. The maximum atomic E-state index is 13.0. The van der Waals surface area contributed by atoms with Gasteiger partial charge in [-0.2, -0.15) is 5.10 Å². The standard InChI is InChI=1S/C22H28N4O4/c1-14(2)12-18(21(29)25-22(4)15(3)30-13-19(22)27)24-20(28)16-6-8-17(9-7-16)26-11-5-10-23-26/h5-11,14-15,18H,12-13H2,1-4H3,(H,24,28)(H,25,29). The molecule has 8 heteroatoms. The minimum Gasteiger partial charge on any atom is -0.368 e.